The zero-order chi connectivity index (χ0) is 27.4. The number of hydrogen-bond donors (Lipinski definition) is 1. The zero-order valence-corrected chi connectivity index (χ0v) is 23.1. The van der Waals surface area contributed by atoms with Crippen molar-refractivity contribution < 1.29 is 24.2 Å². The van der Waals surface area contributed by atoms with Gasteiger partial charge in [0.1, 0.15) is 11.6 Å². The van der Waals surface area contributed by atoms with E-state index in [9.17, 15) is 19.5 Å². The fraction of sp³-hybridized carbons (Fsp3) is 0.552. The lowest BCUT2D eigenvalue weighted by molar-refractivity contribution is -0.152. The summed E-state index contributed by atoms with van der Waals surface area (Å²) in [6, 6.07) is 5.39. The monoisotopic (exact) mass is 541 g/mol. The van der Waals surface area contributed by atoms with E-state index < -0.39 is 35.1 Å². The summed E-state index contributed by atoms with van der Waals surface area (Å²) in [6.07, 6.45) is 8.24. The number of amides is 3. The molecule has 6 atom stereocenters. The normalized spacial score (nSPS) is 33.4. The van der Waals surface area contributed by atoms with E-state index in [2.05, 4.69) is 0 Å². The summed E-state index contributed by atoms with van der Waals surface area (Å²) in [5, 5.41) is 10.8. The lowest BCUT2D eigenvalue weighted by Gasteiger charge is -2.41. The van der Waals surface area contributed by atoms with Crippen molar-refractivity contribution in [2.45, 2.75) is 57.4 Å². The number of halogens is 1. The summed E-state index contributed by atoms with van der Waals surface area (Å²) in [6.45, 7) is 8.60. The van der Waals surface area contributed by atoms with Gasteiger partial charge in [-0.2, -0.15) is 0 Å². The Morgan fingerprint density at radius 3 is 2.42 bits per heavy atom. The summed E-state index contributed by atoms with van der Waals surface area (Å²) in [7, 11) is 0. The molecule has 2 saturated heterocycles. The predicted molar refractivity (Wildman–Crippen MR) is 145 cm³/mol. The largest absolute Gasteiger partial charge is 0.394 e. The third kappa shape index (κ3) is 3.83. The second-order valence-corrected chi connectivity index (χ2v) is 11.6. The van der Waals surface area contributed by atoms with Crippen LogP contribution in [0.2, 0.25) is 5.02 Å². The molecule has 8 nitrogen and oxygen atoms in total. The number of hydrogen-bond acceptors (Lipinski definition) is 5. The van der Waals surface area contributed by atoms with Gasteiger partial charge in [0.05, 0.1) is 40.8 Å². The van der Waals surface area contributed by atoms with Crippen molar-refractivity contribution >= 4 is 35.0 Å². The number of anilines is 1. The topological polar surface area (TPSA) is 90.4 Å². The van der Waals surface area contributed by atoms with E-state index in [0.29, 0.717) is 23.8 Å². The average Bonchev–Trinajstić information content (AvgIpc) is 3.14. The van der Waals surface area contributed by atoms with Crippen LogP contribution in [0.25, 0.3) is 0 Å². The first kappa shape index (κ1) is 26.9. The summed E-state index contributed by atoms with van der Waals surface area (Å²) in [4.78, 5) is 47.8. The molecule has 0 aliphatic carbocycles. The lowest BCUT2D eigenvalue weighted by Crippen LogP contribution is -2.59. The number of fused-ring (bicyclic) bond motifs is 2. The van der Waals surface area contributed by atoms with Crippen molar-refractivity contribution in [2.24, 2.45) is 17.8 Å². The van der Waals surface area contributed by atoms with Crippen LogP contribution in [0, 0.1) is 17.8 Å². The van der Waals surface area contributed by atoms with Crippen molar-refractivity contribution in [3.05, 3.63) is 53.6 Å². The van der Waals surface area contributed by atoms with Gasteiger partial charge in [-0.25, -0.2) is 0 Å². The smallest absolute Gasteiger partial charge is 0.253 e. The van der Waals surface area contributed by atoms with Crippen molar-refractivity contribution in [1.82, 2.24) is 9.80 Å². The first-order chi connectivity index (χ1) is 18.1. The molecule has 1 unspecified atom stereocenters. The van der Waals surface area contributed by atoms with Crippen LogP contribution in [0.15, 0.2) is 48.6 Å². The molecule has 3 amide bonds. The number of carbonyl (C=O) groups excluding carboxylic acids is 3. The molecule has 5 rings (SSSR count). The van der Waals surface area contributed by atoms with E-state index in [4.69, 9.17) is 16.3 Å². The van der Waals surface area contributed by atoms with E-state index in [-0.39, 0.29) is 36.8 Å². The third-order valence-electron chi connectivity index (χ3n) is 8.53. The molecule has 4 aliphatic rings. The van der Waals surface area contributed by atoms with Crippen LogP contribution in [-0.2, 0) is 19.1 Å². The molecule has 0 aromatic heterocycles. The standard InChI is InChI=1S/C29H36ClN3O5/c1-5-14-31-15-8-12-28(4)22(25(31)35)23-26(36)33(21(17-34)18(2)3)24-27(37)32(16-9-13-29(23,24)38-28)20-11-7-6-10-19(20)30/h6-13,18,21-24,34H,5,14-17H2,1-4H3/t21-,22-,23-,24?,28+,29-/m0/s1. The number of aliphatic hydroxyl groups is 1. The van der Waals surface area contributed by atoms with E-state index in [1.165, 1.54) is 4.90 Å². The van der Waals surface area contributed by atoms with Crippen LogP contribution < -0.4 is 4.90 Å². The van der Waals surface area contributed by atoms with Crippen molar-refractivity contribution in [3.8, 4) is 0 Å². The second-order valence-electron chi connectivity index (χ2n) is 11.2. The van der Waals surface area contributed by atoms with Crippen molar-refractivity contribution in [3.63, 3.8) is 0 Å². The van der Waals surface area contributed by atoms with E-state index in [0.717, 1.165) is 6.42 Å². The average molecular weight is 542 g/mol. The van der Waals surface area contributed by atoms with Gasteiger partial charge in [-0.3, -0.25) is 14.4 Å². The molecule has 0 radical (unpaired) electrons. The van der Waals surface area contributed by atoms with Crippen molar-refractivity contribution in [1.29, 1.82) is 0 Å². The maximum atomic E-state index is 14.5. The van der Waals surface area contributed by atoms with Gasteiger partial charge in [0.2, 0.25) is 11.8 Å². The molecule has 9 heteroatoms. The Bertz CT molecular complexity index is 1200. The fourth-order valence-corrected chi connectivity index (χ4v) is 7.08. The van der Waals surface area contributed by atoms with Gasteiger partial charge in [0, 0.05) is 19.6 Å². The Balaban J connectivity index is 1.69. The van der Waals surface area contributed by atoms with Gasteiger partial charge in [-0.05, 0) is 31.4 Å². The first-order valence-corrected chi connectivity index (χ1v) is 13.8. The molecule has 1 aromatic carbocycles. The molecule has 2 fully saturated rings. The highest BCUT2D eigenvalue weighted by Crippen LogP contribution is 2.58. The minimum atomic E-state index is -1.37. The van der Waals surface area contributed by atoms with Gasteiger partial charge in [0.15, 0.2) is 0 Å². The molecular formula is C29H36ClN3O5. The van der Waals surface area contributed by atoms with E-state index in [1.54, 1.807) is 34.1 Å². The Kier molecular flexibility index (Phi) is 6.95. The highest BCUT2D eigenvalue weighted by molar-refractivity contribution is 6.34. The lowest BCUT2D eigenvalue weighted by atomic mass is 9.74. The first-order valence-electron chi connectivity index (χ1n) is 13.4. The quantitative estimate of drug-likeness (QED) is 0.559. The number of para-hydroxylation sites is 1. The zero-order valence-electron chi connectivity index (χ0n) is 22.3. The Hall–Kier alpha value is -2.68. The van der Waals surface area contributed by atoms with Gasteiger partial charge >= 0.3 is 0 Å². The molecule has 204 valence electrons. The molecule has 1 aromatic rings. The number of likely N-dealkylation sites (tertiary alicyclic amines) is 1. The third-order valence-corrected chi connectivity index (χ3v) is 8.85. The molecule has 1 N–H and O–H groups in total. The number of aliphatic hydroxyl groups excluding tert-OH is 1. The van der Waals surface area contributed by atoms with Gasteiger partial charge < -0.3 is 24.5 Å². The molecule has 4 aliphatic heterocycles. The van der Waals surface area contributed by atoms with Crippen LogP contribution >= 0.6 is 11.6 Å². The highest BCUT2D eigenvalue weighted by atomic mass is 35.5. The summed E-state index contributed by atoms with van der Waals surface area (Å²) in [5.74, 6) is -2.68. The van der Waals surface area contributed by atoms with Crippen LogP contribution in [0.4, 0.5) is 5.69 Å². The molecule has 38 heavy (non-hydrogen) atoms. The highest BCUT2D eigenvalue weighted by Gasteiger charge is 2.75. The molecular weight excluding hydrogens is 506 g/mol. The number of benzene rings is 1. The van der Waals surface area contributed by atoms with Crippen molar-refractivity contribution in [2.75, 3.05) is 31.1 Å². The SMILES string of the molecule is CCCN1CC=C[C@@]2(C)O[C@]34C=CCN(c5ccccc5Cl)C(=O)C3N([C@@H](CO)C(C)C)C(=O)[C@@H]4[C@H]2C1=O. The van der Waals surface area contributed by atoms with Crippen LogP contribution in [0.5, 0.6) is 0 Å². The van der Waals surface area contributed by atoms with Crippen LogP contribution in [-0.4, -0.2) is 82.2 Å². The number of carbonyl (C=O) groups is 3. The van der Waals surface area contributed by atoms with E-state index in [1.807, 2.05) is 52.0 Å². The Labute approximate surface area is 228 Å². The number of ether oxygens (including phenoxy) is 1. The maximum absolute atomic E-state index is 14.5. The molecule has 0 bridgehead atoms. The van der Waals surface area contributed by atoms with Gasteiger partial charge in [0.25, 0.3) is 5.91 Å². The summed E-state index contributed by atoms with van der Waals surface area (Å²) in [5.41, 5.74) is -1.91. The maximum Gasteiger partial charge on any atom is 0.253 e. The fourth-order valence-electron chi connectivity index (χ4n) is 6.85. The Morgan fingerprint density at radius 2 is 1.76 bits per heavy atom. The van der Waals surface area contributed by atoms with Gasteiger partial charge in [-0.15, -0.1) is 0 Å². The molecule has 1 spiro atoms. The summed E-state index contributed by atoms with van der Waals surface area (Å²) >= 11 is 6.51. The second kappa shape index (κ2) is 9.81. The number of rotatable bonds is 6. The predicted octanol–water partition coefficient (Wildman–Crippen LogP) is 3.04. The van der Waals surface area contributed by atoms with Crippen LogP contribution in [0.1, 0.15) is 34.1 Å². The van der Waals surface area contributed by atoms with Crippen LogP contribution in [0.3, 0.4) is 0 Å². The Morgan fingerprint density at radius 1 is 1.05 bits per heavy atom. The number of nitrogens with zero attached hydrogens (tertiary/aromatic N) is 3. The molecule has 0 saturated carbocycles. The molecule has 4 heterocycles. The van der Waals surface area contributed by atoms with Gasteiger partial charge in [-0.1, -0.05) is 68.8 Å². The minimum absolute atomic E-state index is 0.138. The summed E-state index contributed by atoms with van der Waals surface area (Å²) < 4.78 is 6.84. The minimum Gasteiger partial charge on any atom is -0.394 e. The van der Waals surface area contributed by atoms with E-state index >= 15 is 0 Å².